The molecule has 0 saturated carbocycles. The van der Waals surface area contributed by atoms with Gasteiger partial charge in [0.2, 0.25) is 0 Å². The van der Waals surface area contributed by atoms with E-state index < -0.39 is 0 Å². The third-order valence-corrected chi connectivity index (χ3v) is 4.71. The van der Waals surface area contributed by atoms with Crippen LogP contribution in [0.25, 0.3) is 11.1 Å². The molecule has 0 fully saturated rings. The molecule has 0 aromatic heterocycles. The Kier molecular flexibility index (Phi) is 5.12. The molecule has 1 heteroatoms. The van der Waals surface area contributed by atoms with Crippen LogP contribution in [0.5, 0.6) is 0 Å². The zero-order chi connectivity index (χ0) is 16.9. The van der Waals surface area contributed by atoms with Gasteiger partial charge in [-0.05, 0) is 71.2 Å². The van der Waals surface area contributed by atoms with Crippen molar-refractivity contribution in [2.45, 2.75) is 32.7 Å². The van der Waals surface area contributed by atoms with Gasteiger partial charge in [0.25, 0.3) is 0 Å². The largest absolute Gasteiger partial charge is 0.326 e. The summed E-state index contributed by atoms with van der Waals surface area (Å²) in [5.74, 6) is 0. The number of aryl methyl sites for hydroxylation is 2. The SMILES string of the molecule is C=C(CCc1cccc(CN)c1)c1ccc(C)c(C2=CC=CC2)c1. The van der Waals surface area contributed by atoms with E-state index in [1.165, 1.54) is 39.0 Å². The molecule has 2 aromatic rings. The summed E-state index contributed by atoms with van der Waals surface area (Å²) in [4.78, 5) is 0. The van der Waals surface area contributed by atoms with Gasteiger partial charge in [-0.15, -0.1) is 0 Å². The fourth-order valence-corrected chi connectivity index (χ4v) is 3.19. The van der Waals surface area contributed by atoms with Crippen molar-refractivity contribution in [2.24, 2.45) is 5.73 Å². The molecular weight excluding hydrogens is 290 g/mol. The Morgan fingerprint density at radius 3 is 2.71 bits per heavy atom. The van der Waals surface area contributed by atoms with E-state index in [0.29, 0.717) is 6.54 Å². The maximum absolute atomic E-state index is 5.73. The third kappa shape index (κ3) is 3.74. The molecule has 0 amide bonds. The second kappa shape index (κ2) is 7.46. The van der Waals surface area contributed by atoms with Crippen molar-refractivity contribution in [3.63, 3.8) is 0 Å². The molecule has 122 valence electrons. The number of benzene rings is 2. The monoisotopic (exact) mass is 315 g/mol. The second-order valence-corrected chi connectivity index (χ2v) is 6.48. The van der Waals surface area contributed by atoms with Crippen LogP contribution in [0, 0.1) is 6.92 Å². The van der Waals surface area contributed by atoms with Crippen LogP contribution in [0.2, 0.25) is 0 Å². The number of rotatable bonds is 6. The highest BCUT2D eigenvalue weighted by Crippen LogP contribution is 2.29. The first-order valence-corrected chi connectivity index (χ1v) is 8.60. The van der Waals surface area contributed by atoms with Gasteiger partial charge in [0.1, 0.15) is 0 Å². The lowest BCUT2D eigenvalue weighted by Gasteiger charge is -2.12. The van der Waals surface area contributed by atoms with E-state index in [9.17, 15) is 0 Å². The van der Waals surface area contributed by atoms with E-state index in [-0.39, 0.29) is 0 Å². The van der Waals surface area contributed by atoms with Gasteiger partial charge in [-0.3, -0.25) is 0 Å². The van der Waals surface area contributed by atoms with Crippen LogP contribution in [0.4, 0.5) is 0 Å². The number of nitrogens with two attached hydrogens (primary N) is 1. The molecular formula is C23H25N. The van der Waals surface area contributed by atoms with Gasteiger partial charge >= 0.3 is 0 Å². The van der Waals surface area contributed by atoms with Gasteiger partial charge in [0.05, 0.1) is 0 Å². The van der Waals surface area contributed by atoms with Gasteiger partial charge in [-0.25, -0.2) is 0 Å². The molecule has 0 unspecified atom stereocenters. The Bertz CT molecular complexity index is 809. The smallest absolute Gasteiger partial charge is 0.0178 e. The average molecular weight is 315 g/mol. The summed E-state index contributed by atoms with van der Waals surface area (Å²) in [7, 11) is 0. The third-order valence-electron chi connectivity index (χ3n) is 4.71. The van der Waals surface area contributed by atoms with Crippen molar-refractivity contribution in [1.29, 1.82) is 0 Å². The molecule has 0 spiro atoms. The Morgan fingerprint density at radius 2 is 1.96 bits per heavy atom. The molecule has 1 nitrogen and oxygen atoms in total. The van der Waals surface area contributed by atoms with Crippen molar-refractivity contribution in [3.8, 4) is 0 Å². The summed E-state index contributed by atoms with van der Waals surface area (Å²) in [6.07, 6.45) is 9.56. The van der Waals surface area contributed by atoms with Gasteiger partial charge in [0.15, 0.2) is 0 Å². The fraction of sp³-hybridized carbons (Fsp3) is 0.217. The van der Waals surface area contributed by atoms with Gasteiger partial charge in [-0.1, -0.05) is 61.2 Å². The predicted molar refractivity (Wildman–Crippen MR) is 105 cm³/mol. The fourth-order valence-electron chi connectivity index (χ4n) is 3.19. The molecule has 0 atom stereocenters. The number of hydrogen-bond acceptors (Lipinski definition) is 1. The summed E-state index contributed by atoms with van der Waals surface area (Å²) >= 11 is 0. The Hall–Kier alpha value is -2.38. The van der Waals surface area contributed by atoms with Crippen LogP contribution in [-0.4, -0.2) is 0 Å². The molecule has 0 heterocycles. The quantitative estimate of drug-likeness (QED) is 0.754. The van der Waals surface area contributed by atoms with E-state index in [1.54, 1.807) is 0 Å². The summed E-state index contributed by atoms with van der Waals surface area (Å²) in [5, 5.41) is 0. The first-order valence-electron chi connectivity index (χ1n) is 8.60. The van der Waals surface area contributed by atoms with Gasteiger partial charge < -0.3 is 5.73 Å². The van der Waals surface area contributed by atoms with Crippen LogP contribution in [-0.2, 0) is 13.0 Å². The summed E-state index contributed by atoms with van der Waals surface area (Å²) in [6.45, 7) is 7.10. The normalized spacial score (nSPS) is 13.2. The second-order valence-electron chi connectivity index (χ2n) is 6.48. The first-order chi connectivity index (χ1) is 11.7. The zero-order valence-corrected chi connectivity index (χ0v) is 14.4. The number of allylic oxidation sites excluding steroid dienone is 5. The Labute approximate surface area is 145 Å². The van der Waals surface area contributed by atoms with Crippen LogP contribution in [0.1, 0.15) is 40.7 Å². The lowest BCUT2D eigenvalue weighted by atomic mass is 9.93. The maximum Gasteiger partial charge on any atom is 0.0178 e. The summed E-state index contributed by atoms with van der Waals surface area (Å²) in [5.41, 5.74) is 14.8. The van der Waals surface area contributed by atoms with E-state index in [0.717, 1.165) is 19.3 Å². The van der Waals surface area contributed by atoms with Crippen LogP contribution in [0.15, 0.2) is 67.3 Å². The molecule has 0 radical (unpaired) electrons. The van der Waals surface area contributed by atoms with Crippen molar-refractivity contribution < 1.29 is 0 Å². The average Bonchev–Trinajstić information content (AvgIpc) is 3.14. The molecule has 2 aromatic carbocycles. The zero-order valence-electron chi connectivity index (χ0n) is 14.4. The molecule has 1 aliphatic rings. The molecule has 1 aliphatic carbocycles. The van der Waals surface area contributed by atoms with E-state index in [4.69, 9.17) is 5.73 Å². The van der Waals surface area contributed by atoms with Crippen LogP contribution < -0.4 is 5.73 Å². The predicted octanol–water partition coefficient (Wildman–Crippen LogP) is 5.44. The molecule has 24 heavy (non-hydrogen) atoms. The first kappa shape index (κ1) is 16.5. The minimum absolute atomic E-state index is 0.596. The summed E-state index contributed by atoms with van der Waals surface area (Å²) in [6, 6.07) is 15.2. The molecule has 0 bridgehead atoms. The summed E-state index contributed by atoms with van der Waals surface area (Å²) < 4.78 is 0. The minimum Gasteiger partial charge on any atom is -0.326 e. The van der Waals surface area contributed by atoms with Gasteiger partial charge in [0, 0.05) is 6.54 Å². The molecule has 0 saturated heterocycles. The molecule has 0 aliphatic heterocycles. The molecule has 3 rings (SSSR count). The minimum atomic E-state index is 0.596. The lowest BCUT2D eigenvalue weighted by Crippen LogP contribution is -1.97. The molecule has 2 N–H and O–H groups in total. The lowest BCUT2D eigenvalue weighted by molar-refractivity contribution is 0.997. The van der Waals surface area contributed by atoms with E-state index >= 15 is 0 Å². The highest BCUT2D eigenvalue weighted by Gasteiger charge is 2.09. The number of hydrogen-bond donors (Lipinski definition) is 1. The maximum atomic E-state index is 5.73. The van der Waals surface area contributed by atoms with E-state index in [2.05, 4.69) is 74.2 Å². The van der Waals surface area contributed by atoms with E-state index in [1.807, 2.05) is 0 Å². The standard InChI is InChI=1S/C23H25N/c1-17(10-12-19-6-5-7-20(14-19)16-24)22-13-11-18(2)23(15-22)21-8-3-4-9-21/h3-8,11,13-15H,1,9-10,12,16,24H2,2H3. The van der Waals surface area contributed by atoms with Crippen molar-refractivity contribution >= 4 is 11.1 Å². The Morgan fingerprint density at radius 1 is 1.12 bits per heavy atom. The highest BCUT2D eigenvalue weighted by atomic mass is 14.5. The Balaban J connectivity index is 1.72. The highest BCUT2D eigenvalue weighted by molar-refractivity contribution is 5.76. The van der Waals surface area contributed by atoms with Crippen molar-refractivity contribution in [3.05, 3.63) is 95.1 Å². The van der Waals surface area contributed by atoms with Gasteiger partial charge in [-0.2, -0.15) is 0 Å². The van der Waals surface area contributed by atoms with Crippen molar-refractivity contribution in [2.75, 3.05) is 0 Å². The van der Waals surface area contributed by atoms with Crippen LogP contribution >= 0.6 is 0 Å². The van der Waals surface area contributed by atoms with Crippen LogP contribution in [0.3, 0.4) is 0 Å². The topological polar surface area (TPSA) is 26.0 Å². The van der Waals surface area contributed by atoms with Crippen molar-refractivity contribution in [1.82, 2.24) is 0 Å².